The maximum Gasteiger partial charge on any atom is 0.306 e. The van der Waals surface area contributed by atoms with Crippen LogP contribution in [-0.2, 0) is 9.53 Å². The van der Waals surface area contributed by atoms with E-state index >= 15 is 0 Å². The van der Waals surface area contributed by atoms with Crippen molar-refractivity contribution in [2.24, 2.45) is 10.9 Å². The van der Waals surface area contributed by atoms with E-state index in [0.717, 1.165) is 44.7 Å². The zero-order chi connectivity index (χ0) is 17.0. The molecule has 23 heavy (non-hydrogen) atoms. The first-order valence-corrected chi connectivity index (χ1v) is 8.41. The Labute approximate surface area is 159 Å². The Kier molecular flexibility index (Phi) is 14.9. The molecule has 0 radical (unpaired) electrons. The highest BCUT2D eigenvalue weighted by Crippen LogP contribution is 2.10. The van der Waals surface area contributed by atoms with Crippen LogP contribution in [0.15, 0.2) is 4.99 Å². The highest BCUT2D eigenvalue weighted by molar-refractivity contribution is 14.0. The van der Waals surface area contributed by atoms with Crippen LogP contribution >= 0.6 is 24.0 Å². The summed E-state index contributed by atoms with van der Waals surface area (Å²) < 4.78 is 5.28. The molecule has 0 fully saturated rings. The average molecular weight is 441 g/mol. The zero-order valence-electron chi connectivity index (χ0n) is 15.7. The standard InChI is InChI=1S/C17H35N3O2.HI/c1-14(2)13-20-16(18-6)19-12-10-8-7-9-11-15(21)22-17(3,4)5;/h14H,7-13H2,1-6H3,(H2,18,19,20);1H. The van der Waals surface area contributed by atoms with Crippen LogP contribution < -0.4 is 10.6 Å². The van der Waals surface area contributed by atoms with E-state index in [1.54, 1.807) is 7.05 Å². The predicted molar refractivity (Wildman–Crippen MR) is 109 cm³/mol. The van der Waals surface area contributed by atoms with Crippen LogP contribution in [0.2, 0.25) is 0 Å². The minimum absolute atomic E-state index is 0. The molecule has 0 bridgehead atoms. The molecule has 0 aliphatic carbocycles. The van der Waals surface area contributed by atoms with E-state index < -0.39 is 0 Å². The minimum Gasteiger partial charge on any atom is -0.460 e. The van der Waals surface area contributed by atoms with Crippen molar-refractivity contribution in [3.63, 3.8) is 0 Å². The number of nitrogens with zero attached hydrogens (tertiary/aromatic N) is 1. The van der Waals surface area contributed by atoms with Gasteiger partial charge in [0.05, 0.1) is 0 Å². The average Bonchev–Trinajstić information content (AvgIpc) is 2.38. The third kappa shape index (κ3) is 17.7. The van der Waals surface area contributed by atoms with Crippen molar-refractivity contribution < 1.29 is 9.53 Å². The van der Waals surface area contributed by atoms with Gasteiger partial charge in [-0.25, -0.2) is 0 Å². The third-order valence-electron chi connectivity index (χ3n) is 2.92. The molecule has 0 heterocycles. The van der Waals surface area contributed by atoms with Gasteiger partial charge in [0, 0.05) is 26.6 Å². The number of guanidine groups is 1. The van der Waals surface area contributed by atoms with Crippen molar-refractivity contribution in [1.29, 1.82) is 0 Å². The van der Waals surface area contributed by atoms with E-state index in [4.69, 9.17) is 4.74 Å². The SMILES string of the molecule is CN=C(NCCCCCCC(=O)OC(C)(C)C)NCC(C)C.I. The van der Waals surface area contributed by atoms with E-state index in [1.807, 2.05) is 20.8 Å². The van der Waals surface area contributed by atoms with E-state index in [1.165, 1.54) is 0 Å². The van der Waals surface area contributed by atoms with Gasteiger partial charge in [0.2, 0.25) is 0 Å². The lowest BCUT2D eigenvalue weighted by Gasteiger charge is -2.19. The van der Waals surface area contributed by atoms with Gasteiger partial charge in [0.25, 0.3) is 0 Å². The molecule has 0 aliphatic heterocycles. The molecule has 0 aliphatic rings. The van der Waals surface area contributed by atoms with E-state index in [9.17, 15) is 4.79 Å². The number of hydrogen-bond donors (Lipinski definition) is 2. The van der Waals surface area contributed by atoms with Crippen molar-refractivity contribution in [3.05, 3.63) is 0 Å². The molecule has 0 spiro atoms. The summed E-state index contributed by atoms with van der Waals surface area (Å²) in [6, 6.07) is 0. The summed E-state index contributed by atoms with van der Waals surface area (Å²) in [5, 5.41) is 6.59. The quantitative estimate of drug-likeness (QED) is 0.188. The Bertz CT molecular complexity index is 339. The van der Waals surface area contributed by atoms with Gasteiger partial charge in [-0.1, -0.05) is 26.7 Å². The summed E-state index contributed by atoms with van der Waals surface area (Å²) in [7, 11) is 1.79. The number of unbranched alkanes of at least 4 members (excludes halogenated alkanes) is 3. The third-order valence-corrected chi connectivity index (χ3v) is 2.92. The first kappa shape index (κ1) is 24.7. The summed E-state index contributed by atoms with van der Waals surface area (Å²) in [5.41, 5.74) is -0.375. The van der Waals surface area contributed by atoms with Gasteiger partial charge in [0.1, 0.15) is 5.60 Å². The molecule has 0 saturated carbocycles. The second kappa shape index (κ2) is 13.9. The number of nitrogens with one attached hydrogen (secondary N) is 2. The number of ether oxygens (including phenoxy) is 1. The van der Waals surface area contributed by atoms with Crippen molar-refractivity contribution in [2.45, 2.75) is 72.3 Å². The summed E-state index contributed by atoms with van der Waals surface area (Å²) >= 11 is 0. The van der Waals surface area contributed by atoms with Crippen molar-refractivity contribution in [1.82, 2.24) is 10.6 Å². The number of carbonyl (C=O) groups excluding carboxylic acids is 1. The largest absolute Gasteiger partial charge is 0.460 e. The van der Waals surface area contributed by atoms with Crippen LogP contribution in [0.25, 0.3) is 0 Å². The molecule has 0 aromatic heterocycles. The lowest BCUT2D eigenvalue weighted by atomic mass is 10.1. The molecule has 0 rings (SSSR count). The molecule has 0 amide bonds. The Morgan fingerprint density at radius 1 is 1.09 bits per heavy atom. The monoisotopic (exact) mass is 441 g/mol. The normalized spacial score (nSPS) is 11.9. The maximum atomic E-state index is 11.5. The molecule has 2 N–H and O–H groups in total. The highest BCUT2D eigenvalue weighted by Gasteiger charge is 2.15. The molecule has 0 aromatic rings. The fourth-order valence-corrected chi connectivity index (χ4v) is 1.87. The lowest BCUT2D eigenvalue weighted by Crippen LogP contribution is -2.39. The molecule has 138 valence electrons. The van der Waals surface area contributed by atoms with E-state index in [0.29, 0.717) is 12.3 Å². The first-order chi connectivity index (χ1) is 10.2. The fourth-order valence-electron chi connectivity index (χ4n) is 1.87. The topological polar surface area (TPSA) is 62.7 Å². The van der Waals surface area contributed by atoms with Crippen molar-refractivity contribution in [3.8, 4) is 0 Å². The summed E-state index contributed by atoms with van der Waals surface area (Å²) in [6.07, 6.45) is 4.66. The van der Waals surface area contributed by atoms with Gasteiger partial charge in [0.15, 0.2) is 5.96 Å². The minimum atomic E-state index is -0.375. The van der Waals surface area contributed by atoms with Gasteiger partial charge < -0.3 is 15.4 Å². The second-order valence-corrected chi connectivity index (χ2v) is 7.02. The molecular weight excluding hydrogens is 405 g/mol. The van der Waals surface area contributed by atoms with Crippen LogP contribution in [0.5, 0.6) is 0 Å². The van der Waals surface area contributed by atoms with Crippen LogP contribution in [0.3, 0.4) is 0 Å². The highest BCUT2D eigenvalue weighted by atomic mass is 127. The van der Waals surface area contributed by atoms with E-state index in [2.05, 4.69) is 29.5 Å². The van der Waals surface area contributed by atoms with Gasteiger partial charge in [-0.15, -0.1) is 24.0 Å². The molecule has 0 atom stereocenters. The number of rotatable bonds is 9. The Balaban J connectivity index is 0. The van der Waals surface area contributed by atoms with Gasteiger partial charge in [-0.05, 0) is 39.5 Å². The van der Waals surface area contributed by atoms with Crippen molar-refractivity contribution in [2.75, 3.05) is 20.1 Å². The van der Waals surface area contributed by atoms with Crippen LogP contribution in [-0.4, -0.2) is 37.7 Å². The lowest BCUT2D eigenvalue weighted by molar-refractivity contribution is -0.154. The zero-order valence-corrected chi connectivity index (χ0v) is 18.0. The Morgan fingerprint density at radius 2 is 1.70 bits per heavy atom. The molecule has 0 unspecified atom stereocenters. The molecule has 6 heteroatoms. The number of carbonyl (C=O) groups is 1. The number of esters is 1. The maximum absolute atomic E-state index is 11.5. The van der Waals surface area contributed by atoms with Crippen LogP contribution in [0.4, 0.5) is 0 Å². The fraction of sp³-hybridized carbons (Fsp3) is 0.882. The van der Waals surface area contributed by atoms with Gasteiger partial charge in [-0.3, -0.25) is 9.79 Å². The van der Waals surface area contributed by atoms with Crippen LogP contribution in [0.1, 0.15) is 66.7 Å². The number of halogens is 1. The summed E-state index contributed by atoms with van der Waals surface area (Å²) in [6.45, 7) is 11.9. The molecular formula is C17H36IN3O2. The summed E-state index contributed by atoms with van der Waals surface area (Å²) in [4.78, 5) is 15.7. The van der Waals surface area contributed by atoms with E-state index in [-0.39, 0.29) is 35.5 Å². The van der Waals surface area contributed by atoms with Gasteiger partial charge >= 0.3 is 5.97 Å². The molecule has 5 nitrogen and oxygen atoms in total. The molecule has 0 aromatic carbocycles. The molecule has 0 saturated heterocycles. The Hall–Kier alpha value is -0.530. The van der Waals surface area contributed by atoms with Crippen LogP contribution in [0, 0.1) is 5.92 Å². The number of aliphatic imine (C=N–C) groups is 1. The number of hydrogen-bond acceptors (Lipinski definition) is 3. The smallest absolute Gasteiger partial charge is 0.306 e. The first-order valence-electron chi connectivity index (χ1n) is 8.41. The van der Waals surface area contributed by atoms with Crippen molar-refractivity contribution >= 4 is 35.9 Å². The predicted octanol–water partition coefficient (Wildman–Crippen LogP) is 3.72. The second-order valence-electron chi connectivity index (χ2n) is 7.02. The Morgan fingerprint density at radius 3 is 2.22 bits per heavy atom. The van der Waals surface area contributed by atoms with Gasteiger partial charge in [-0.2, -0.15) is 0 Å². The summed E-state index contributed by atoms with van der Waals surface area (Å²) in [5.74, 6) is 1.37.